The van der Waals surface area contributed by atoms with Crippen molar-refractivity contribution in [1.29, 1.82) is 0 Å². The van der Waals surface area contributed by atoms with Crippen molar-refractivity contribution in [2.24, 2.45) is 0 Å². The van der Waals surface area contributed by atoms with Gasteiger partial charge in [0.15, 0.2) is 0 Å². The van der Waals surface area contributed by atoms with E-state index >= 15 is 0 Å². The molecule has 0 bridgehead atoms. The van der Waals surface area contributed by atoms with Gasteiger partial charge in [0.1, 0.15) is 5.75 Å². The Hall–Kier alpha value is -2.91. The maximum atomic E-state index is 13.0. The molecular weight excluding hydrogens is 522 g/mol. The van der Waals surface area contributed by atoms with E-state index in [1.807, 2.05) is 36.4 Å². The summed E-state index contributed by atoms with van der Waals surface area (Å²) in [6, 6.07) is 18.8. The summed E-state index contributed by atoms with van der Waals surface area (Å²) in [7, 11) is -3.67. The summed E-state index contributed by atoms with van der Waals surface area (Å²) in [5, 5.41) is 13.2. The predicted molar refractivity (Wildman–Crippen MR) is 150 cm³/mol. The third kappa shape index (κ3) is 6.74. The van der Waals surface area contributed by atoms with Crippen LogP contribution in [0.2, 0.25) is 5.02 Å². The van der Waals surface area contributed by atoms with Crippen molar-refractivity contribution in [3.05, 3.63) is 94.0 Å². The van der Waals surface area contributed by atoms with Gasteiger partial charge >= 0.3 is 0 Å². The van der Waals surface area contributed by atoms with Gasteiger partial charge in [-0.3, -0.25) is 9.69 Å². The zero-order valence-electron chi connectivity index (χ0n) is 21.9. The van der Waals surface area contributed by atoms with Gasteiger partial charge in [-0.15, -0.1) is 0 Å². The monoisotopic (exact) mass is 555 g/mol. The first kappa shape index (κ1) is 28.1. The van der Waals surface area contributed by atoms with E-state index in [0.717, 1.165) is 23.2 Å². The first-order valence-electron chi connectivity index (χ1n) is 12.6. The Kier molecular flexibility index (Phi) is 8.47. The molecule has 0 saturated heterocycles. The third-order valence-corrected chi connectivity index (χ3v) is 8.93. The van der Waals surface area contributed by atoms with Gasteiger partial charge in [-0.25, -0.2) is 8.42 Å². The number of fused-ring (bicyclic) bond motifs is 1. The van der Waals surface area contributed by atoms with Crippen LogP contribution in [0, 0.1) is 0 Å². The molecule has 3 aromatic rings. The lowest BCUT2D eigenvalue weighted by molar-refractivity contribution is 0.0921. The standard InChI is InChI=1S/C29H34ClN3O4S/c1-29(2,3)32(19-21-4-8-25(30)9-5-21)17-15-31-28(35)23-6-7-24-20-33(16-14-22(24)18-23)38(36,37)27-12-10-26(34)11-13-27/h4-13,18,34H,14-17,19-20H2,1-3H3,(H,31,35). The summed E-state index contributed by atoms with van der Waals surface area (Å²) in [4.78, 5) is 15.4. The molecule has 1 heterocycles. The van der Waals surface area contributed by atoms with Crippen LogP contribution in [0.25, 0.3) is 0 Å². The molecule has 2 N–H and O–H groups in total. The van der Waals surface area contributed by atoms with Gasteiger partial charge in [-0.05, 0) is 92.4 Å². The average Bonchev–Trinajstić information content (AvgIpc) is 2.88. The summed E-state index contributed by atoms with van der Waals surface area (Å²) >= 11 is 6.02. The maximum absolute atomic E-state index is 13.0. The van der Waals surface area contributed by atoms with Gasteiger partial charge in [0.2, 0.25) is 10.0 Å². The van der Waals surface area contributed by atoms with Crippen molar-refractivity contribution in [3.63, 3.8) is 0 Å². The molecule has 0 radical (unpaired) electrons. The second-order valence-corrected chi connectivity index (χ2v) is 12.9. The fraction of sp³-hybridized carbons (Fsp3) is 0.345. The smallest absolute Gasteiger partial charge is 0.251 e. The molecule has 3 aromatic carbocycles. The van der Waals surface area contributed by atoms with Crippen molar-refractivity contribution in [2.75, 3.05) is 19.6 Å². The second-order valence-electron chi connectivity index (χ2n) is 10.5. The van der Waals surface area contributed by atoms with Crippen LogP contribution >= 0.6 is 11.6 Å². The summed E-state index contributed by atoms with van der Waals surface area (Å²) in [5.41, 5.74) is 3.51. The summed E-state index contributed by atoms with van der Waals surface area (Å²) in [5.74, 6) is -0.126. The highest BCUT2D eigenvalue weighted by Crippen LogP contribution is 2.27. The van der Waals surface area contributed by atoms with E-state index in [-0.39, 0.29) is 28.6 Å². The number of rotatable bonds is 8. The van der Waals surface area contributed by atoms with Crippen LogP contribution in [0.15, 0.2) is 71.6 Å². The first-order valence-corrected chi connectivity index (χ1v) is 14.4. The summed E-state index contributed by atoms with van der Waals surface area (Å²) < 4.78 is 27.5. The van der Waals surface area contributed by atoms with Crippen LogP contribution in [-0.4, -0.2) is 53.8 Å². The van der Waals surface area contributed by atoms with Gasteiger partial charge in [0, 0.05) is 48.8 Å². The number of hydrogen-bond acceptors (Lipinski definition) is 5. The Morgan fingerprint density at radius 1 is 1.03 bits per heavy atom. The third-order valence-electron chi connectivity index (χ3n) is 6.82. The largest absolute Gasteiger partial charge is 0.508 e. The number of carbonyl (C=O) groups excluding carboxylic acids is 1. The number of sulfonamides is 1. The van der Waals surface area contributed by atoms with Crippen molar-refractivity contribution >= 4 is 27.5 Å². The van der Waals surface area contributed by atoms with Crippen LogP contribution in [-0.2, 0) is 29.5 Å². The molecule has 0 spiro atoms. The first-order chi connectivity index (χ1) is 17.9. The van der Waals surface area contributed by atoms with Gasteiger partial charge < -0.3 is 10.4 Å². The Morgan fingerprint density at radius 2 is 1.71 bits per heavy atom. The van der Waals surface area contributed by atoms with E-state index in [2.05, 4.69) is 31.0 Å². The second kappa shape index (κ2) is 11.5. The Balaban J connectivity index is 1.36. The molecule has 1 aliphatic heterocycles. The van der Waals surface area contributed by atoms with Crippen LogP contribution < -0.4 is 5.32 Å². The molecule has 0 fully saturated rings. The van der Waals surface area contributed by atoms with E-state index in [4.69, 9.17) is 11.6 Å². The van der Waals surface area contributed by atoms with Crippen LogP contribution in [0.3, 0.4) is 0 Å². The predicted octanol–water partition coefficient (Wildman–Crippen LogP) is 4.82. The molecule has 1 aliphatic rings. The quantitative estimate of drug-likeness (QED) is 0.416. The number of halogens is 1. The fourth-order valence-corrected chi connectivity index (χ4v) is 6.05. The molecule has 0 saturated carbocycles. The van der Waals surface area contributed by atoms with Crippen molar-refractivity contribution in [2.45, 2.75) is 50.7 Å². The van der Waals surface area contributed by atoms with E-state index in [1.165, 1.54) is 28.6 Å². The van der Waals surface area contributed by atoms with E-state index in [1.54, 1.807) is 6.07 Å². The van der Waals surface area contributed by atoms with Gasteiger partial charge in [-0.1, -0.05) is 29.8 Å². The zero-order valence-corrected chi connectivity index (χ0v) is 23.5. The zero-order chi connectivity index (χ0) is 27.5. The summed E-state index contributed by atoms with van der Waals surface area (Å²) in [6.07, 6.45) is 0.520. The number of amides is 1. The minimum atomic E-state index is -3.67. The molecule has 0 aliphatic carbocycles. The fourth-order valence-electron chi connectivity index (χ4n) is 4.51. The molecule has 1 amide bonds. The Labute approximate surface area is 230 Å². The highest BCUT2D eigenvalue weighted by atomic mass is 35.5. The molecule has 4 rings (SSSR count). The number of carbonyl (C=O) groups is 1. The topological polar surface area (TPSA) is 90.0 Å². The molecule has 202 valence electrons. The number of aromatic hydroxyl groups is 1. The number of phenolic OH excluding ortho intramolecular Hbond substituents is 1. The molecule has 0 aromatic heterocycles. The normalized spacial score (nSPS) is 14.3. The number of nitrogens with zero attached hydrogens (tertiary/aromatic N) is 2. The van der Waals surface area contributed by atoms with Crippen molar-refractivity contribution in [1.82, 2.24) is 14.5 Å². The SMILES string of the molecule is CC(C)(C)N(CCNC(=O)c1ccc2c(c1)CCN(S(=O)(=O)c1ccc(O)cc1)C2)Cc1ccc(Cl)cc1. The molecule has 7 nitrogen and oxygen atoms in total. The molecule has 0 unspecified atom stereocenters. The minimum absolute atomic E-state index is 0.0198. The number of phenols is 1. The van der Waals surface area contributed by atoms with Gasteiger partial charge in [0.05, 0.1) is 4.90 Å². The van der Waals surface area contributed by atoms with E-state index in [0.29, 0.717) is 36.6 Å². The van der Waals surface area contributed by atoms with Gasteiger partial charge in [0.25, 0.3) is 5.91 Å². The molecular formula is C29H34ClN3O4S. The van der Waals surface area contributed by atoms with E-state index in [9.17, 15) is 18.3 Å². The van der Waals surface area contributed by atoms with Crippen LogP contribution in [0.5, 0.6) is 5.75 Å². The highest BCUT2D eigenvalue weighted by Gasteiger charge is 2.29. The lowest BCUT2D eigenvalue weighted by Crippen LogP contribution is -2.45. The number of nitrogens with one attached hydrogen (secondary N) is 1. The van der Waals surface area contributed by atoms with Crippen molar-refractivity contribution < 1.29 is 18.3 Å². The molecule has 0 atom stereocenters. The number of benzene rings is 3. The highest BCUT2D eigenvalue weighted by molar-refractivity contribution is 7.89. The average molecular weight is 556 g/mol. The Morgan fingerprint density at radius 3 is 2.37 bits per heavy atom. The van der Waals surface area contributed by atoms with Crippen molar-refractivity contribution in [3.8, 4) is 5.75 Å². The minimum Gasteiger partial charge on any atom is -0.508 e. The Bertz CT molecular complexity index is 1380. The van der Waals surface area contributed by atoms with Crippen LogP contribution in [0.4, 0.5) is 0 Å². The van der Waals surface area contributed by atoms with E-state index < -0.39 is 10.0 Å². The summed E-state index contributed by atoms with van der Waals surface area (Å²) in [6.45, 7) is 8.96. The lowest BCUT2D eigenvalue weighted by Gasteiger charge is -2.36. The number of hydrogen-bond donors (Lipinski definition) is 2. The van der Waals surface area contributed by atoms with Gasteiger partial charge in [-0.2, -0.15) is 4.31 Å². The maximum Gasteiger partial charge on any atom is 0.251 e. The molecule has 9 heteroatoms. The van der Waals surface area contributed by atoms with Crippen LogP contribution in [0.1, 0.15) is 47.8 Å². The molecule has 38 heavy (non-hydrogen) atoms. The lowest BCUT2D eigenvalue weighted by atomic mass is 9.98.